The summed E-state index contributed by atoms with van der Waals surface area (Å²) in [6.45, 7) is 6.50. The van der Waals surface area contributed by atoms with Crippen molar-refractivity contribution in [1.82, 2.24) is 0 Å². The van der Waals surface area contributed by atoms with E-state index in [0.717, 1.165) is 24.0 Å². The number of hydrogen-bond acceptors (Lipinski definition) is 1. The predicted molar refractivity (Wildman–Crippen MR) is 110 cm³/mol. The third-order valence-electron chi connectivity index (χ3n) is 5.28. The van der Waals surface area contributed by atoms with Crippen LogP contribution in [0, 0.1) is 6.92 Å². The molecule has 0 aliphatic heterocycles. The molecule has 134 valence electrons. The molecule has 3 rings (SSSR count). The first-order valence-corrected chi connectivity index (χ1v) is 9.59. The van der Waals surface area contributed by atoms with E-state index in [-0.39, 0.29) is 11.8 Å². The van der Waals surface area contributed by atoms with Crippen LogP contribution in [-0.4, -0.2) is 5.11 Å². The molecule has 0 fully saturated rings. The van der Waals surface area contributed by atoms with Crippen molar-refractivity contribution in [3.63, 3.8) is 0 Å². The number of phenolic OH excluding ortho intramolecular Hbond substituents is 1. The van der Waals surface area contributed by atoms with Gasteiger partial charge in [0.05, 0.1) is 0 Å². The Kier molecular flexibility index (Phi) is 5.78. The van der Waals surface area contributed by atoms with Crippen molar-refractivity contribution < 1.29 is 5.11 Å². The Bertz CT molecular complexity index is 768. The lowest BCUT2D eigenvalue weighted by Crippen LogP contribution is -2.06. The Morgan fingerprint density at radius 2 is 1.08 bits per heavy atom. The zero-order chi connectivity index (χ0) is 18.5. The largest absolute Gasteiger partial charge is 0.507 e. The van der Waals surface area contributed by atoms with Gasteiger partial charge in [0, 0.05) is 23.0 Å². The second-order valence-electron chi connectivity index (χ2n) is 7.04. The summed E-state index contributed by atoms with van der Waals surface area (Å²) < 4.78 is 0. The van der Waals surface area contributed by atoms with Crippen LogP contribution in [0.5, 0.6) is 5.75 Å². The van der Waals surface area contributed by atoms with E-state index in [1.165, 1.54) is 16.7 Å². The SMILES string of the molecule is CCC(c1ccccc1)c1cc(C)cc(C(CC)c2ccccc2)c1O. The van der Waals surface area contributed by atoms with Gasteiger partial charge >= 0.3 is 0 Å². The molecule has 0 aliphatic rings. The summed E-state index contributed by atoms with van der Waals surface area (Å²) >= 11 is 0. The van der Waals surface area contributed by atoms with Gasteiger partial charge in [0.1, 0.15) is 5.75 Å². The van der Waals surface area contributed by atoms with E-state index in [1.54, 1.807) is 0 Å². The normalized spacial score (nSPS) is 13.3. The average Bonchev–Trinajstić information content (AvgIpc) is 2.68. The van der Waals surface area contributed by atoms with Crippen LogP contribution in [0.3, 0.4) is 0 Å². The highest BCUT2D eigenvalue weighted by Crippen LogP contribution is 2.41. The van der Waals surface area contributed by atoms with E-state index >= 15 is 0 Å². The Balaban J connectivity index is 2.11. The number of phenols is 1. The minimum atomic E-state index is 0.211. The fourth-order valence-corrected chi connectivity index (χ4v) is 4.01. The molecular formula is C25H28O. The number of benzene rings is 3. The van der Waals surface area contributed by atoms with Gasteiger partial charge < -0.3 is 5.11 Å². The molecule has 0 amide bonds. The lowest BCUT2D eigenvalue weighted by atomic mass is 9.82. The van der Waals surface area contributed by atoms with Crippen LogP contribution in [0.4, 0.5) is 0 Å². The smallest absolute Gasteiger partial charge is 0.123 e. The molecule has 0 radical (unpaired) electrons. The van der Waals surface area contributed by atoms with Crippen molar-refractivity contribution in [1.29, 1.82) is 0 Å². The maximum absolute atomic E-state index is 11.2. The molecule has 26 heavy (non-hydrogen) atoms. The van der Waals surface area contributed by atoms with Crippen molar-refractivity contribution >= 4 is 0 Å². The zero-order valence-electron chi connectivity index (χ0n) is 15.9. The molecule has 3 aromatic carbocycles. The number of hydrogen-bond donors (Lipinski definition) is 1. The van der Waals surface area contributed by atoms with Crippen LogP contribution in [0.15, 0.2) is 72.8 Å². The summed E-state index contributed by atoms with van der Waals surface area (Å²) in [5.74, 6) is 0.883. The maximum atomic E-state index is 11.2. The van der Waals surface area contributed by atoms with E-state index in [0.29, 0.717) is 5.75 Å². The Morgan fingerprint density at radius 3 is 1.42 bits per heavy atom. The predicted octanol–water partition coefficient (Wildman–Crippen LogP) is 6.78. The van der Waals surface area contributed by atoms with Gasteiger partial charge in [-0.3, -0.25) is 0 Å². The number of rotatable bonds is 6. The number of aromatic hydroxyl groups is 1. The van der Waals surface area contributed by atoms with E-state index in [1.807, 2.05) is 12.1 Å². The topological polar surface area (TPSA) is 20.2 Å². The van der Waals surface area contributed by atoms with Crippen LogP contribution in [0.25, 0.3) is 0 Å². The third kappa shape index (κ3) is 3.67. The molecular weight excluding hydrogens is 316 g/mol. The van der Waals surface area contributed by atoms with Gasteiger partial charge in [-0.1, -0.05) is 92.2 Å². The second-order valence-corrected chi connectivity index (χ2v) is 7.04. The van der Waals surface area contributed by atoms with Crippen LogP contribution in [0.2, 0.25) is 0 Å². The summed E-state index contributed by atoms with van der Waals surface area (Å²) in [6, 6.07) is 25.3. The molecule has 0 saturated carbocycles. The van der Waals surface area contributed by atoms with Crippen molar-refractivity contribution in [2.75, 3.05) is 0 Å². The summed E-state index contributed by atoms with van der Waals surface area (Å²) in [5.41, 5.74) is 5.81. The van der Waals surface area contributed by atoms with Gasteiger partial charge in [-0.25, -0.2) is 0 Å². The standard InChI is InChI=1S/C25H28O/c1-4-21(19-12-8-6-9-13-19)23-16-18(3)17-24(25(23)26)22(5-2)20-14-10-7-11-15-20/h6-17,21-22,26H,4-5H2,1-3H3. The van der Waals surface area contributed by atoms with Gasteiger partial charge in [0.15, 0.2) is 0 Å². The zero-order valence-corrected chi connectivity index (χ0v) is 15.9. The van der Waals surface area contributed by atoms with Crippen LogP contribution < -0.4 is 0 Å². The second kappa shape index (κ2) is 8.23. The monoisotopic (exact) mass is 344 g/mol. The first kappa shape index (κ1) is 18.3. The van der Waals surface area contributed by atoms with Gasteiger partial charge in [0.2, 0.25) is 0 Å². The molecule has 1 nitrogen and oxygen atoms in total. The first-order chi connectivity index (χ1) is 12.7. The van der Waals surface area contributed by atoms with Crippen molar-refractivity contribution in [3.05, 3.63) is 101 Å². The third-order valence-corrected chi connectivity index (χ3v) is 5.28. The minimum absolute atomic E-state index is 0.211. The molecule has 1 N–H and O–H groups in total. The molecule has 0 heterocycles. The fourth-order valence-electron chi connectivity index (χ4n) is 4.01. The van der Waals surface area contributed by atoms with Crippen LogP contribution >= 0.6 is 0 Å². The summed E-state index contributed by atoms with van der Waals surface area (Å²) in [5, 5.41) is 11.2. The molecule has 0 spiro atoms. The summed E-state index contributed by atoms with van der Waals surface area (Å²) in [6.07, 6.45) is 1.92. The van der Waals surface area contributed by atoms with E-state index in [2.05, 4.69) is 81.4 Å². The van der Waals surface area contributed by atoms with Crippen molar-refractivity contribution in [3.8, 4) is 5.75 Å². The quantitative estimate of drug-likeness (QED) is 0.522. The van der Waals surface area contributed by atoms with Gasteiger partial charge in [-0.15, -0.1) is 0 Å². The van der Waals surface area contributed by atoms with Gasteiger partial charge in [-0.2, -0.15) is 0 Å². The Morgan fingerprint density at radius 1 is 0.692 bits per heavy atom. The van der Waals surface area contributed by atoms with E-state index in [4.69, 9.17) is 0 Å². The van der Waals surface area contributed by atoms with Gasteiger partial charge in [-0.05, 0) is 30.9 Å². The average molecular weight is 344 g/mol. The first-order valence-electron chi connectivity index (χ1n) is 9.59. The van der Waals surface area contributed by atoms with Crippen LogP contribution in [-0.2, 0) is 0 Å². The lowest BCUT2D eigenvalue weighted by molar-refractivity contribution is 0.452. The van der Waals surface area contributed by atoms with Crippen LogP contribution in [0.1, 0.15) is 66.3 Å². The Labute approximate surface area is 157 Å². The maximum Gasteiger partial charge on any atom is 0.123 e. The Hall–Kier alpha value is -2.54. The fraction of sp³-hybridized carbons (Fsp3) is 0.280. The summed E-state index contributed by atoms with van der Waals surface area (Å²) in [7, 11) is 0. The molecule has 0 bridgehead atoms. The highest BCUT2D eigenvalue weighted by atomic mass is 16.3. The van der Waals surface area contributed by atoms with Gasteiger partial charge in [0.25, 0.3) is 0 Å². The molecule has 2 unspecified atom stereocenters. The minimum Gasteiger partial charge on any atom is -0.507 e. The molecule has 1 heteroatoms. The number of aryl methyl sites for hydroxylation is 1. The molecule has 2 atom stereocenters. The molecule has 0 aliphatic carbocycles. The summed E-state index contributed by atoms with van der Waals surface area (Å²) in [4.78, 5) is 0. The van der Waals surface area contributed by atoms with E-state index in [9.17, 15) is 5.11 Å². The highest BCUT2D eigenvalue weighted by Gasteiger charge is 2.23. The lowest BCUT2D eigenvalue weighted by Gasteiger charge is -2.24. The molecule has 3 aromatic rings. The van der Waals surface area contributed by atoms with Crippen molar-refractivity contribution in [2.24, 2.45) is 0 Å². The van der Waals surface area contributed by atoms with E-state index < -0.39 is 0 Å². The molecule has 0 saturated heterocycles. The van der Waals surface area contributed by atoms with Crippen molar-refractivity contribution in [2.45, 2.75) is 45.4 Å². The highest BCUT2D eigenvalue weighted by molar-refractivity contribution is 5.52. The molecule has 0 aromatic heterocycles.